The molecule has 112 valence electrons. The second kappa shape index (κ2) is 6.26. The monoisotopic (exact) mass is 308 g/mol. The average molecular weight is 308 g/mol. The van der Waals surface area contributed by atoms with Crippen molar-refractivity contribution >= 4 is 23.6 Å². The van der Waals surface area contributed by atoms with Crippen LogP contribution in [0.2, 0.25) is 0 Å². The van der Waals surface area contributed by atoms with Gasteiger partial charge in [-0.3, -0.25) is 9.59 Å². The molecule has 0 saturated carbocycles. The van der Waals surface area contributed by atoms with Crippen molar-refractivity contribution in [3.63, 3.8) is 0 Å². The first-order valence-corrected chi connectivity index (χ1v) is 7.88. The number of thioether (sulfide) groups is 1. The molecule has 1 unspecified atom stereocenters. The second-order valence-corrected chi connectivity index (χ2v) is 5.83. The summed E-state index contributed by atoms with van der Waals surface area (Å²) in [5.74, 6) is 2.30. The minimum atomic E-state index is -0.215. The summed E-state index contributed by atoms with van der Waals surface area (Å²) >= 11 is 1.52. The van der Waals surface area contributed by atoms with Gasteiger partial charge in [-0.2, -0.15) is 0 Å². The lowest BCUT2D eigenvalue weighted by Gasteiger charge is -2.26. The van der Waals surface area contributed by atoms with Crippen molar-refractivity contribution in [3.05, 3.63) is 24.3 Å². The average Bonchev–Trinajstić information content (AvgIpc) is 2.90. The second-order valence-electron chi connectivity index (χ2n) is 4.87. The minimum absolute atomic E-state index is 0.0151. The van der Waals surface area contributed by atoms with Gasteiger partial charge >= 0.3 is 0 Å². The number of ether oxygens (including phenoxy) is 2. The van der Waals surface area contributed by atoms with E-state index in [4.69, 9.17) is 9.47 Å². The van der Waals surface area contributed by atoms with Crippen molar-refractivity contribution in [2.75, 3.05) is 31.3 Å². The van der Waals surface area contributed by atoms with Gasteiger partial charge in [0, 0.05) is 0 Å². The molecule has 1 saturated heterocycles. The molecule has 1 N–H and O–H groups in total. The summed E-state index contributed by atoms with van der Waals surface area (Å²) in [6.07, 6.45) is -0.215. The number of nitrogens with zero attached hydrogens (tertiary/aromatic N) is 1. The van der Waals surface area contributed by atoms with Gasteiger partial charge in [0.25, 0.3) is 0 Å². The highest BCUT2D eigenvalue weighted by molar-refractivity contribution is 8.00. The normalized spacial score (nSPS) is 20.5. The van der Waals surface area contributed by atoms with Gasteiger partial charge in [-0.05, 0) is 12.1 Å². The third-order valence-electron chi connectivity index (χ3n) is 3.25. The molecule has 1 fully saturated rings. The molecule has 0 bridgehead atoms. The van der Waals surface area contributed by atoms with E-state index in [1.807, 2.05) is 24.3 Å². The fraction of sp³-hybridized carbons (Fsp3) is 0.429. The molecule has 1 aromatic rings. The summed E-state index contributed by atoms with van der Waals surface area (Å²) in [6.45, 7) is 0.869. The third-order valence-corrected chi connectivity index (χ3v) is 4.20. The number of carbonyl (C=O) groups excluding carboxylic acids is 2. The molecule has 1 atom stereocenters. The first-order valence-electron chi connectivity index (χ1n) is 6.73. The highest BCUT2D eigenvalue weighted by Gasteiger charge is 2.24. The van der Waals surface area contributed by atoms with Crippen LogP contribution in [0.5, 0.6) is 11.5 Å². The number of amides is 2. The Kier molecular flexibility index (Phi) is 4.19. The Morgan fingerprint density at radius 2 is 2.19 bits per heavy atom. The lowest BCUT2D eigenvalue weighted by molar-refractivity contribution is -0.132. The van der Waals surface area contributed by atoms with E-state index in [-0.39, 0.29) is 24.5 Å². The summed E-state index contributed by atoms with van der Waals surface area (Å²) in [4.78, 5) is 24.8. The van der Waals surface area contributed by atoms with Gasteiger partial charge in [-0.1, -0.05) is 12.1 Å². The predicted molar refractivity (Wildman–Crippen MR) is 78.4 cm³/mol. The Morgan fingerprint density at radius 3 is 2.95 bits per heavy atom. The highest BCUT2D eigenvalue weighted by Crippen LogP contribution is 2.30. The van der Waals surface area contributed by atoms with E-state index in [1.54, 1.807) is 4.90 Å². The number of rotatable bonds is 4. The quantitative estimate of drug-likeness (QED) is 0.876. The Balaban J connectivity index is 1.45. The number of hydrogen-bond donors (Lipinski definition) is 1. The summed E-state index contributed by atoms with van der Waals surface area (Å²) in [6, 6.07) is 7.44. The van der Waals surface area contributed by atoms with Gasteiger partial charge in [0.1, 0.15) is 19.3 Å². The molecule has 7 heteroatoms. The van der Waals surface area contributed by atoms with E-state index in [9.17, 15) is 9.59 Å². The van der Waals surface area contributed by atoms with E-state index < -0.39 is 0 Å². The largest absolute Gasteiger partial charge is 0.486 e. The van der Waals surface area contributed by atoms with Crippen molar-refractivity contribution in [2.24, 2.45) is 0 Å². The van der Waals surface area contributed by atoms with Crippen molar-refractivity contribution in [3.8, 4) is 11.5 Å². The van der Waals surface area contributed by atoms with E-state index in [1.165, 1.54) is 11.8 Å². The number of nitrogens with one attached hydrogen (secondary N) is 1. The number of carbonyl (C=O) groups is 2. The fourth-order valence-electron chi connectivity index (χ4n) is 2.16. The van der Waals surface area contributed by atoms with E-state index in [0.29, 0.717) is 30.5 Å². The van der Waals surface area contributed by atoms with Crippen LogP contribution in [0.1, 0.15) is 0 Å². The summed E-state index contributed by atoms with van der Waals surface area (Å²) < 4.78 is 11.3. The van der Waals surface area contributed by atoms with Crippen LogP contribution in [-0.4, -0.2) is 54.1 Å². The Labute approximate surface area is 126 Å². The number of fused-ring (bicyclic) bond motifs is 1. The summed E-state index contributed by atoms with van der Waals surface area (Å²) in [5.41, 5.74) is 0. The van der Waals surface area contributed by atoms with Crippen LogP contribution in [0.25, 0.3) is 0 Å². The SMILES string of the molecule is O=C(CN1CSCC1=O)NCC1COc2ccccc2O1. The molecule has 3 rings (SSSR count). The zero-order valence-corrected chi connectivity index (χ0v) is 12.2. The third kappa shape index (κ3) is 3.41. The van der Waals surface area contributed by atoms with Gasteiger partial charge in [0.15, 0.2) is 11.5 Å². The first kappa shape index (κ1) is 14.1. The Bertz CT molecular complexity index is 552. The molecule has 2 amide bonds. The van der Waals surface area contributed by atoms with E-state index >= 15 is 0 Å². The lowest BCUT2D eigenvalue weighted by atomic mass is 10.2. The number of hydrogen-bond acceptors (Lipinski definition) is 5. The smallest absolute Gasteiger partial charge is 0.239 e. The molecule has 0 spiro atoms. The van der Waals surface area contributed by atoms with Crippen LogP contribution in [0, 0.1) is 0 Å². The zero-order chi connectivity index (χ0) is 14.7. The predicted octanol–water partition coefficient (Wildman–Crippen LogP) is 0.476. The van der Waals surface area contributed by atoms with Gasteiger partial charge < -0.3 is 19.7 Å². The standard InChI is InChI=1S/C14H16N2O4S/c17-13(6-16-9-21-8-14(16)18)15-5-10-7-19-11-3-1-2-4-12(11)20-10/h1-4,10H,5-9H2,(H,15,17). The maximum Gasteiger partial charge on any atom is 0.239 e. The van der Waals surface area contributed by atoms with Gasteiger partial charge in [-0.15, -0.1) is 11.8 Å². The summed E-state index contributed by atoms with van der Waals surface area (Å²) in [5, 5.41) is 2.78. The van der Waals surface area contributed by atoms with Crippen LogP contribution >= 0.6 is 11.8 Å². The maximum absolute atomic E-state index is 11.8. The van der Waals surface area contributed by atoms with Crippen LogP contribution in [-0.2, 0) is 9.59 Å². The zero-order valence-electron chi connectivity index (χ0n) is 11.4. The summed E-state index contributed by atoms with van der Waals surface area (Å²) in [7, 11) is 0. The van der Waals surface area contributed by atoms with Crippen molar-refractivity contribution < 1.29 is 19.1 Å². The van der Waals surface area contributed by atoms with E-state index in [2.05, 4.69) is 5.32 Å². The minimum Gasteiger partial charge on any atom is -0.486 e. The van der Waals surface area contributed by atoms with Crippen LogP contribution in [0.3, 0.4) is 0 Å². The molecule has 0 radical (unpaired) electrons. The molecule has 0 aromatic heterocycles. The lowest BCUT2D eigenvalue weighted by Crippen LogP contribution is -2.44. The van der Waals surface area contributed by atoms with E-state index in [0.717, 1.165) is 5.75 Å². The van der Waals surface area contributed by atoms with Crippen LogP contribution < -0.4 is 14.8 Å². The van der Waals surface area contributed by atoms with Crippen molar-refractivity contribution in [2.45, 2.75) is 6.10 Å². The molecule has 2 aliphatic rings. The fourth-order valence-corrected chi connectivity index (χ4v) is 3.06. The Hall–Kier alpha value is -1.89. The highest BCUT2D eigenvalue weighted by atomic mass is 32.2. The van der Waals surface area contributed by atoms with Crippen LogP contribution in [0.4, 0.5) is 0 Å². The number of benzene rings is 1. The molecular weight excluding hydrogens is 292 g/mol. The molecular formula is C14H16N2O4S. The van der Waals surface area contributed by atoms with Crippen molar-refractivity contribution in [1.82, 2.24) is 10.2 Å². The topological polar surface area (TPSA) is 67.9 Å². The van der Waals surface area contributed by atoms with Gasteiger partial charge in [0.2, 0.25) is 11.8 Å². The van der Waals surface area contributed by atoms with Gasteiger partial charge in [0.05, 0.1) is 18.2 Å². The number of para-hydroxylation sites is 2. The first-order chi connectivity index (χ1) is 10.2. The maximum atomic E-state index is 11.8. The van der Waals surface area contributed by atoms with Gasteiger partial charge in [-0.25, -0.2) is 0 Å². The molecule has 21 heavy (non-hydrogen) atoms. The molecule has 2 aliphatic heterocycles. The molecule has 1 aromatic carbocycles. The van der Waals surface area contributed by atoms with Crippen molar-refractivity contribution in [1.29, 1.82) is 0 Å². The molecule has 0 aliphatic carbocycles. The van der Waals surface area contributed by atoms with Crippen LogP contribution in [0.15, 0.2) is 24.3 Å². The Morgan fingerprint density at radius 1 is 1.38 bits per heavy atom. The molecule has 6 nitrogen and oxygen atoms in total. The molecule has 2 heterocycles.